The molecule has 3 rings (SSSR count). The highest BCUT2D eigenvalue weighted by atomic mass is 19.1. The Morgan fingerprint density at radius 3 is 3.12 bits per heavy atom. The number of hydrogen-bond donors (Lipinski definition) is 1. The Labute approximate surface area is 145 Å². The van der Waals surface area contributed by atoms with Gasteiger partial charge in [0.1, 0.15) is 0 Å². The van der Waals surface area contributed by atoms with E-state index in [4.69, 9.17) is 9.47 Å². The quantitative estimate of drug-likeness (QED) is 0.890. The summed E-state index contributed by atoms with van der Waals surface area (Å²) in [5, 5.41) is 0. The highest BCUT2D eigenvalue weighted by Crippen LogP contribution is 2.20. The van der Waals surface area contributed by atoms with Crippen molar-refractivity contribution in [1.29, 1.82) is 0 Å². The zero-order chi connectivity index (χ0) is 17.6. The topological polar surface area (TPSA) is 67.5 Å². The molecule has 0 amide bonds. The number of nitrogens with zero attached hydrogens (tertiary/aromatic N) is 2. The first-order valence-electron chi connectivity index (χ1n) is 8.30. The minimum absolute atomic E-state index is 0.144. The van der Waals surface area contributed by atoms with E-state index >= 15 is 0 Å². The second-order valence-corrected chi connectivity index (χ2v) is 6.25. The molecule has 1 aliphatic rings. The molecule has 2 aromatic rings. The first-order valence-corrected chi connectivity index (χ1v) is 8.30. The van der Waals surface area contributed by atoms with E-state index in [2.05, 4.69) is 14.9 Å². The van der Waals surface area contributed by atoms with Gasteiger partial charge in [0.15, 0.2) is 11.6 Å². The lowest BCUT2D eigenvalue weighted by molar-refractivity contribution is 0.121. The maximum Gasteiger partial charge on any atom is 0.250 e. The zero-order valence-corrected chi connectivity index (χ0v) is 14.2. The van der Waals surface area contributed by atoms with Crippen molar-refractivity contribution < 1.29 is 13.9 Å². The van der Waals surface area contributed by atoms with Crippen molar-refractivity contribution in [2.75, 3.05) is 33.4 Å². The van der Waals surface area contributed by atoms with Gasteiger partial charge in [-0.15, -0.1) is 0 Å². The minimum Gasteiger partial charge on any atom is -0.494 e. The van der Waals surface area contributed by atoms with Gasteiger partial charge in [-0.05, 0) is 24.1 Å². The van der Waals surface area contributed by atoms with Gasteiger partial charge in [-0.3, -0.25) is 9.69 Å². The van der Waals surface area contributed by atoms with E-state index in [1.807, 2.05) is 0 Å². The average Bonchev–Trinajstić information content (AvgIpc) is 2.81. The normalized spacial score (nSPS) is 18.7. The van der Waals surface area contributed by atoms with Gasteiger partial charge >= 0.3 is 0 Å². The Balaban J connectivity index is 1.66. The third-order valence-corrected chi connectivity index (χ3v) is 4.28. The number of H-pyrrole nitrogens is 1. The molecule has 1 aromatic carbocycles. The predicted molar refractivity (Wildman–Crippen MR) is 91.1 cm³/mol. The van der Waals surface area contributed by atoms with Crippen molar-refractivity contribution in [2.24, 2.45) is 5.92 Å². The number of nitrogens with one attached hydrogen (secondary N) is 1. The monoisotopic (exact) mass is 347 g/mol. The molecule has 1 atom stereocenters. The van der Waals surface area contributed by atoms with Crippen LogP contribution in [-0.2, 0) is 17.7 Å². The summed E-state index contributed by atoms with van der Waals surface area (Å²) in [6, 6.07) is 6.46. The summed E-state index contributed by atoms with van der Waals surface area (Å²) in [5.74, 6) is 0.149. The van der Waals surface area contributed by atoms with Crippen LogP contribution in [0.2, 0.25) is 0 Å². The lowest BCUT2D eigenvalue weighted by Crippen LogP contribution is -2.30. The fourth-order valence-electron chi connectivity index (χ4n) is 3.10. The van der Waals surface area contributed by atoms with Crippen molar-refractivity contribution in [3.8, 4) is 5.75 Å². The van der Waals surface area contributed by atoms with Crippen LogP contribution in [0.1, 0.15) is 11.3 Å². The second-order valence-electron chi connectivity index (χ2n) is 6.25. The number of aromatic amines is 1. The number of hydrogen-bond acceptors (Lipinski definition) is 5. The van der Waals surface area contributed by atoms with Crippen molar-refractivity contribution in [2.45, 2.75) is 13.0 Å². The molecule has 134 valence electrons. The van der Waals surface area contributed by atoms with E-state index in [9.17, 15) is 9.18 Å². The van der Waals surface area contributed by atoms with Crippen LogP contribution < -0.4 is 10.3 Å². The summed E-state index contributed by atoms with van der Waals surface area (Å²) in [7, 11) is 1.46. The van der Waals surface area contributed by atoms with Crippen LogP contribution in [0.4, 0.5) is 4.39 Å². The Hall–Kier alpha value is -2.25. The van der Waals surface area contributed by atoms with Crippen LogP contribution in [0.3, 0.4) is 0 Å². The molecule has 0 spiro atoms. The van der Waals surface area contributed by atoms with Gasteiger partial charge in [0.25, 0.3) is 5.56 Å². The maximum absolute atomic E-state index is 13.6. The smallest absolute Gasteiger partial charge is 0.250 e. The molecule has 0 bridgehead atoms. The predicted octanol–water partition coefficient (Wildman–Crippen LogP) is 1.61. The Morgan fingerprint density at radius 1 is 1.44 bits per heavy atom. The van der Waals surface area contributed by atoms with Crippen LogP contribution >= 0.6 is 0 Å². The van der Waals surface area contributed by atoms with Crippen LogP contribution in [-0.4, -0.2) is 48.3 Å². The molecular weight excluding hydrogens is 325 g/mol. The highest BCUT2D eigenvalue weighted by Gasteiger charge is 2.20. The van der Waals surface area contributed by atoms with E-state index in [1.54, 1.807) is 12.1 Å². The van der Waals surface area contributed by atoms with Crippen molar-refractivity contribution in [3.63, 3.8) is 0 Å². The van der Waals surface area contributed by atoms with Crippen molar-refractivity contribution >= 4 is 0 Å². The largest absolute Gasteiger partial charge is 0.494 e. The first kappa shape index (κ1) is 17.6. The number of benzene rings is 1. The Bertz CT molecular complexity index is 765. The molecule has 0 unspecified atom stereocenters. The lowest BCUT2D eigenvalue weighted by atomic mass is 10.0. The second kappa shape index (κ2) is 8.22. The molecule has 25 heavy (non-hydrogen) atoms. The van der Waals surface area contributed by atoms with Crippen molar-refractivity contribution in [3.05, 3.63) is 58.0 Å². The molecule has 1 saturated heterocycles. The molecule has 0 saturated carbocycles. The molecule has 6 nitrogen and oxygen atoms in total. The van der Waals surface area contributed by atoms with Crippen LogP contribution in [0.5, 0.6) is 5.75 Å². The van der Waals surface area contributed by atoms with E-state index in [0.717, 1.165) is 24.3 Å². The molecule has 0 radical (unpaired) electrons. The standard InChI is InChI=1S/C18H22FN3O3/c1-24-17-7-13(2-3-16(17)19)9-22-4-5-25-11-14(10-22)6-15-8-18(23)21-12-20-15/h2-3,7-8,12,14H,4-6,9-11H2,1H3,(H,20,21,23)/t14-/m0/s1. The molecule has 1 fully saturated rings. The highest BCUT2D eigenvalue weighted by molar-refractivity contribution is 5.30. The summed E-state index contributed by atoms with van der Waals surface area (Å²) < 4.78 is 24.3. The third kappa shape index (κ3) is 4.87. The average molecular weight is 347 g/mol. The number of rotatable bonds is 5. The Kier molecular flexibility index (Phi) is 5.78. The van der Waals surface area contributed by atoms with Gasteiger partial charge in [0.05, 0.1) is 26.7 Å². The molecule has 1 aliphatic heterocycles. The zero-order valence-electron chi connectivity index (χ0n) is 14.2. The van der Waals surface area contributed by atoms with Crippen LogP contribution in [0, 0.1) is 11.7 Å². The van der Waals surface area contributed by atoms with E-state index in [1.165, 1.54) is 25.6 Å². The van der Waals surface area contributed by atoms with E-state index < -0.39 is 0 Å². The Morgan fingerprint density at radius 2 is 2.32 bits per heavy atom. The summed E-state index contributed by atoms with van der Waals surface area (Å²) >= 11 is 0. The van der Waals surface area contributed by atoms with Gasteiger partial charge in [0, 0.05) is 37.3 Å². The molecule has 0 aliphatic carbocycles. The van der Waals surface area contributed by atoms with Crippen LogP contribution in [0.25, 0.3) is 0 Å². The van der Waals surface area contributed by atoms with Gasteiger partial charge in [0.2, 0.25) is 0 Å². The molecule has 1 aromatic heterocycles. The number of halogens is 1. The maximum atomic E-state index is 13.6. The molecule has 1 N–H and O–H groups in total. The van der Waals surface area contributed by atoms with E-state index in [-0.39, 0.29) is 23.0 Å². The first-order chi connectivity index (χ1) is 12.1. The number of methoxy groups -OCH3 is 1. The van der Waals surface area contributed by atoms with Crippen LogP contribution in [0.15, 0.2) is 35.4 Å². The molecule has 7 heteroatoms. The fraction of sp³-hybridized carbons (Fsp3) is 0.444. The summed E-state index contributed by atoms with van der Waals surface area (Å²) in [6.07, 6.45) is 2.12. The SMILES string of the molecule is COc1cc(CN2CCOC[C@@H](Cc3cc(=O)[nH]cn3)C2)ccc1F. The minimum atomic E-state index is -0.358. The molecule has 2 heterocycles. The number of ether oxygens (including phenoxy) is 2. The van der Waals surface area contributed by atoms with Gasteiger partial charge in [-0.25, -0.2) is 9.37 Å². The van der Waals surface area contributed by atoms with Gasteiger partial charge < -0.3 is 14.5 Å². The van der Waals surface area contributed by atoms with Gasteiger partial charge in [-0.2, -0.15) is 0 Å². The number of aromatic nitrogens is 2. The van der Waals surface area contributed by atoms with Gasteiger partial charge in [-0.1, -0.05) is 6.07 Å². The van der Waals surface area contributed by atoms with E-state index in [0.29, 0.717) is 26.2 Å². The summed E-state index contributed by atoms with van der Waals surface area (Å²) in [4.78, 5) is 20.4. The third-order valence-electron chi connectivity index (χ3n) is 4.28. The lowest BCUT2D eigenvalue weighted by Gasteiger charge is -2.23. The summed E-state index contributed by atoms with van der Waals surface area (Å²) in [6.45, 7) is 3.61. The molecular formula is C18H22FN3O3. The summed E-state index contributed by atoms with van der Waals surface area (Å²) in [5.41, 5.74) is 1.62. The fourth-order valence-corrected chi connectivity index (χ4v) is 3.10. The van der Waals surface area contributed by atoms with Crippen molar-refractivity contribution in [1.82, 2.24) is 14.9 Å².